The summed E-state index contributed by atoms with van der Waals surface area (Å²) in [6.07, 6.45) is 1.97. The molecular formula is C21H27NO3S. The first kappa shape index (κ1) is 20.2. The van der Waals surface area contributed by atoms with E-state index in [2.05, 4.69) is 19.2 Å². The zero-order valence-electron chi connectivity index (χ0n) is 15.6. The molecule has 0 aliphatic carbocycles. The minimum absolute atomic E-state index is 0.0848. The van der Waals surface area contributed by atoms with Crippen LogP contribution in [0.4, 0.5) is 0 Å². The van der Waals surface area contributed by atoms with E-state index in [1.54, 1.807) is 54.6 Å². The third-order valence-electron chi connectivity index (χ3n) is 4.20. The van der Waals surface area contributed by atoms with Crippen molar-refractivity contribution in [3.05, 3.63) is 65.7 Å². The third kappa shape index (κ3) is 5.99. The highest BCUT2D eigenvalue weighted by atomic mass is 32.2. The summed E-state index contributed by atoms with van der Waals surface area (Å²) in [6.45, 7) is 6.31. The van der Waals surface area contributed by atoms with Gasteiger partial charge in [-0.25, -0.2) is 8.42 Å². The third-order valence-corrected chi connectivity index (χ3v) is 5.91. The number of benzene rings is 2. The Hall–Kier alpha value is -2.14. The topological polar surface area (TPSA) is 63.2 Å². The molecule has 2 aromatic carbocycles. The molecule has 1 N–H and O–H groups in total. The van der Waals surface area contributed by atoms with Gasteiger partial charge in [-0.1, -0.05) is 44.2 Å². The molecule has 0 bridgehead atoms. The van der Waals surface area contributed by atoms with E-state index in [0.29, 0.717) is 17.0 Å². The monoisotopic (exact) mass is 373 g/mol. The number of carbonyl (C=O) groups is 1. The smallest absolute Gasteiger partial charge is 0.251 e. The lowest BCUT2D eigenvalue weighted by atomic mass is 10.0. The van der Waals surface area contributed by atoms with Crippen LogP contribution < -0.4 is 5.32 Å². The average molecular weight is 374 g/mol. The van der Waals surface area contributed by atoms with Gasteiger partial charge in [0, 0.05) is 11.6 Å². The van der Waals surface area contributed by atoms with Crippen LogP contribution in [0, 0.1) is 5.92 Å². The Balaban J connectivity index is 2.07. The van der Waals surface area contributed by atoms with E-state index in [1.165, 1.54) is 0 Å². The molecule has 0 heterocycles. The fourth-order valence-electron chi connectivity index (χ4n) is 2.70. The van der Waals surface area contributed by atoms with Gasteiger partial charge in [-0.3, -0.25) is 4.79 Å². The maximum Gasteiger partial charge on any atom is 0.251 e. The molecule has 0 unspecified atom stereocenters. The lowest BCUT2D eigenvalue weighted by Gasteiger charge is -2.15. The molecule has 0 saturated heterocycles. The summed E-state index contributed by atoms with van der Waals surface area (Å²) in [7, 11) is -3.43. The van der Waals surface area contributed by atoms with Crippen molar-refractivity contribution in [2.45, 2.75) is 50.3 Å². The molecule has 0 aromatic heterocycles. The molecule has 26 heavy (non-hydrogen) atoms. The van der Waals surface area contributed by atoms with E-state index in [-0.39, 0.29) is 22.6 Å². The summed E-state index contributed by atoms with van der Waals surface area (Å²) in [5.74, 6) is 0.308. The van der Waals surface area contributed by atoms with Crippen LogP contribution in [0.2, 0.25) is 0 Å². The second-order valence-electron chi connectivity index (χ2n) is 7.12. The largest absolute Gasteiger partial charge is 0.350 e. The van der Waals surface area contributed by atoms with Crippen LogP contribution in [-0.2, 0) is 15.6 Å². The number of carbonyl (C=O) groups excluding carboxylic acids is 1. The van der Waals surface area contributed by atoms with Crippen molar-refractivity contribution in [2.75, 3.05) is 0 Å². The molecule has 2 aromatic rings. The van der Waals surface area contributed by atoms with Crippen molar-refractivity contribution >= 4 is 15.7 Å². The summed E-state index contributed by atoms with van der Waals surface area (Å²) < 4.78 is 25.0. The van der Waals surface area contributed by atoms with Gasteiger partial charge in [-0.15, -0.1) is 0 Å². The molecule has 5 heteroatoms. The predicted molar refractivity (Wildman–Crippen MR) is 105 cm³/mol. The van der Waals surface area contributed by atoms with Crippen LogP contribution >= 0.6 is 0 Å². The molecule has 2 rings (SSSR count). The summed E-state index contributed by atoms with van der Waals surface area (Å²) in [6, 6.07) is 15.3. The van der Waals surface area contributed by atoms with Crippen LogP contribution in [-0.4, -0.2) is 20.4 Å². The van der Waals surface area contributed by atoms with Crippen molar-refractivity contribution in [3.63, 3.8) is 0 Å². The van der Waals surface area contributed by atoms with Gasteiger partial charge in [0.25, 0.3) is 5.91 Å². The first-order chi connectivity index (χ1) is 12.3. The van der Waals surface area contributed by atoms with Gasteiger partial charge < -0.3 is 5.32 Å². The second kappa shape index (κ2) is 8.99. The van der Waals surface area contributed by atoms with Crippen molar-refractivity contribution in [1.82, 2.24) is 5.32 Å². The molecule has 140 valence electrons. The first-order valence-electron chi connectivity index (χ1n) is 8.95. The fraction of sp³-hybridized carbons (Fsp3) is 0.381. The van der Waals surface area contributed by atoms with Gasteiger partial charge in [0.1, 0.15) is 0 Å². The van der Waals surface area contributed by atoms with E-state index in [4.69, 9.17) is 0 Å². The van der Waals surface area contributed by atoms with Gasteiger partial charge in [0.15, 0.2) is 9.84 Å². The molecule has 0 aliphatic heterocycles. The van der Waals surface area contributed by atoms with Crippen LogP contribution in [0.25, 0.3) is 0 Å². The lowest BCUT2D eigenvalue weighted by molar-refractivity contribution is 0.0937. The number of hydrogen-bond donors (Lipinski definition) is 1. The first-order valence-corrected chi connectivity index (χ1v) is 10.6. The van der Waals surface area contributed by atoms with Crippen molar-refractivity contribution in [3.8, 4) is 0 Å². The van der Waals surface area contributed by atoms with Crippen molar-refractivity contribution in [1.29, 1.82) is 0 Å². The molecule has 4 nitrogen and oxygen atoms in total. The van der Waals surface area contributed by atoms with Crippen molar-refractivity contribution in [2.24, 2.45) is 5.92 Å². The highest BCUT2D eigenvalue weighted by molar-refractivity contribution is 7.90. The minimum atomic E-state index is -3.43. The van der Waals surface area contributed by atoms with E-state index in [1.807, 2.05) is 6.92 Å². The summed E-state index contributed by atoms with van der Waals surface area (Å²) in [5, 5.41) is 2.98. The number of amides is 1. The van der Waals surface area contributed by atoms with Gasteiger partial charge in [0.05, 0.1) is 10.6 Å². The fourth-order valence-corrected chi connectivity index (χ4v) is 4.05. The standard InChI is InChI=1S/C21H27NO3S/c1-16(2)12-13-17(3)22-21(23)19-9-7-8-18(14-19)15-26(24,25)20-10-5-4-6-11-20/h4-11,14,16-17H,12-13,15H2,1-3H3,(H,22,23)/t17-/m1/s1. The van der Waals surface area contributed by atoms with E-state index in [0.717, 1.165) is 12.8 Å². The SMILES string of the molecule is CC(C)CC[C@@H](C)NC(=O)c1cccc(CS(=O)(=O)c2ccccc2)c1. The summed E-state index contributed by atoms with van der Waals surface area (Å²) in [5.41, 5.74) is 1.10. The Morgan fingerprint density at radius 1 is 0.962 bits per heavy atom. The molecule has 1 atom stereocenters. The minimum Gasteiger partial charge on any atom is -0.350 e. The number of nitrogens with one attached hydrogen (secondary N) is 1. The average Bonchev–Trinajstić information content (AvgIpc) is 2.60. The Labute approximate surface area is 156 Å². The van der Waals surface area contributed by atoms with Crippen LogP contribution in [0.5, 0.6) is 0 Å². The molecule has 0 radical (unpaired) electrons. The molecule has 0 fully saturated rings. The summed E-state index contributed by atoms with van der Waals surface area (Å²) >= 11 is 0. The molecule has 0 saturated carbocycles. The summed E-state index contributed by atoms with van der Waals surface area (Å²) in [4.78, 5) is 12.7. The Bertz CT molecular complexity index is 829. The zero-order valence-corrected chi connectivity index (χ0v) is 16.4. The van der Waals surface area contributed by atoms with Crippen LogP contribution in [0.1, 0.15) is 49.5 Å². The maximum atomic E-state index is 12.5. The van der Waals surface area contributed by atoms with E-state index < -0.39 is 9.84 Å². The highest BCUT2D eigenvalue weighted by Gasteiger charge is 2.16. The molecule has 1 amide bonds. The Morgan fingerprint density at radius 2 is 1.65 bits per heavy atom. The highest BCUT2D eigenvalue weighted by Crippen LogP contribution is 2.17. The van der Waals surface area contributed by atoms with Gasteiger partial charge in [-0.2, -0.15) is 0 Å². The van der Waals surface area contributed by atoms with Gasteiger partial charge in [0.2, 0.25) is 0 Å². The van der Waals surface area contributed by atoms with E-state index in [9.17, 15) is 13.2 Å². The Morgan fingerprint density at radius 3 is 2.31 bits per heavy atom. The molecule has 0 aliphatic rings. The number of hydrogen-bond acceptors (Lipinski definition) is 3. The number of sulfone groups is 1. The molecular weight excluding hydrogens is 346 g/mol. The Kier molecular flexibility index (Phi) is 6.98. The lowest BCUT2D eigenvalue weighted by Crippen LogP contribution is -2.32. The van der Waals surface area contributed by atoms with E-state index >= 15 is 0 Å². The molecule has 0 spiro atoms. The van der Waals surface area contributed by atoms with Crippen LogP contribution in [0.3, 0.4) is 0 Å². The van der Waals surface area contributed by atoms with Crippen LogP contribution in [0.15, 0.2) is 59.5 Å². The quantitative estimate of drug-likeness (QED) is 0.754. The van der Waals surface area contributed by atoms with Crippen molar-refractivity contribution < 1.29 is 13.2 Å². The van der Waals surface area contributed by atoms with Gasteiger partial charge >= 0.3 is 0 Å². The maximum absolute atomic E-state index is 12.5. The second-order valence-corrected chi connectivity index (χ2v) is 9.11. The zero-order chi connectivity index (χ0) is 19.2. The number of rotatable bonds is 8. The normalized spacial score (nSPS) is 12.8. The predicted octanol–water partition coefficient (Wildman–Crippen LogP) is 4.22. The van der Waals surface area contributed by atoms with Gasteiger partial charge in [-0.05, 0) is 55.5 Å².